The third-order valence-corrected chi connectivity index (χ3v) is 5.21. The molecule has 0 radical (unpaired) electrons. The summed E-state index contributed by atoms with van der Waals surface area (Å²) in [6, 6.07) is 17.1. The number of hydrogen-bond acceptors (Lipinski definition) is 4. The normalized spacial score (nSPS) is 10.8. The molecule has 6 nitrogen and oxygen atoms in total. The minimum absolute atomic E-state index is 0.178. The van der Waals surface area contributed by atoms with E-state index in [1.165, 1.54) is 12.1 Å². The monoisotopic (exact) mass is 413 g/mol. The standard InChI is InChI=1S/C24H20FN5O/c1-15-20(10-11-24(31)28-21-9-4-3-6-18(21)14-26)16(2)30-23(27-15)13-22(29-30)17-7-5-8-19(25)12-17/h3-9,12-13H,10-11H2,1-2H3,(H,28,31). The zero-order chi connectivity index (χ0) is 22.0. The predicted molar refractivity (Wildman–Crippen MR) is 116 cm³/mol. The maximum atomic E-state index is 13.6. The van der Waals surface area contributed by atoms with Crippen LogP contribution in [-0.2, 0) is 11.2 Å². The van der Waals surface area contributed by atoms with Gasteiger partial charge in [-0.3, -0.25) is 4.79 Å². The number of hydrogen-bond donors (Lipinski definition) is 1. The second-order valence-corrected chi connectivity index (χ2v) is 7.28. The van der Waals surface area contributed by atoms with E-state index < -0.39 is 0 Å². The van der Waals surface area contributed by atoms with Crippen LogP contribution < -0.4 is 5.32 Å². The van der Waals surface area contributed by atoms with Gasteiger partial charge in [-0.15, -0.1) is 0 Å². The fraction of sp³-hybridized carbons (Fsp3) is 0.167. The molecule has 0 bridgehead atoms. The highest BCUT2D eigenvalue weighted by Gasteiger charge is 2.15. The summed E-state index contributed by atoms with van der Waals surface area (Å²) in [4.78, 5) is 17.1. The van der Waals surface area contributed by atoms with Gasteiger partial charge in [0, 0.05) is 29.4 Å². The number of rotatable bonds is 5. The first-order chi connectivity index (χ1) is 15.0. The van der Waals surface area contributed by atoms with Gasteiger partial charge in [0.1, 0.15) is 11.9 Å². The first-order valence-electron chi connectivity index (χ1n) is 9.87. The molecule has 2 heterocycles. The van der Waals surface area contributed by atoms with Crippen LogP contribution in [0.5, 0.6) is 0 Å². The smallest absolute Gasteiger partial charge is 0.224 e. The lowest BCUT2D eigenvalue weighted by Crippen LogP contribution is -2.15. The van der Waals surface area contributed by atoms with Gasteiger partial charge in [-0.05, 0) is 50.1 Å². The van der Waals surface area contributed by atoms with E-state index in [0.29, 0.717) is 34.6 Å². The first-order valence-corrected chi connectivity index (χ1v) is 9.87. The molecule has 0 fully saturated rings. The number of halogens is 1. The largest absolute Gasteiger partial charge is 0.325 e. The molecule has 2 aromatic carbocycles. The van der Waals surface area contributed by atoms with Crippen molar-refractivity contribution in [2.75, 3.05) is 5.32 Å². The number of nitrogens with one attached hydrogen (secondary N) is 1. The van der Waals surface area contributed by atoms with Gasteiger partial charge >= 0.3 is 0 Å². The summed E-state index contributed by atoms with van der Waals surface area (Å²) in [5.41, 5.74) is 5.56. The van der Waals surface area contributed by atoms with Crippen molar-refractivity contribution in [3.8, 4) is 17.3 Å². The van der Waals surface area contributed by atoms with E-state index in [2.05, 4.69) is 21.5 Å². The van der Waals surface area contributed by atoms with E-state index in [4.69, 9.17) is 0 Å². The van der Waals surface area contributed by atoms with Gasteiger partial charge in [0.05, 0.1) is 16.9 Å². The zero-order valence-electron chi connectivity index (χ0n) is 17.2. The van der Waals surface area contributed by atoms with Crippen LogP contribution in [0, 0.1) is 31.0 Å². The summed E-state index contributed by atoms with van der Waals surface area (Å²) >= 11 is 0. The average Bonchev–Trinajstić information content (AvgIpc) is 3.18. The number of nitrogens with zero attached hydrogens (tertiary/aromatic N) is 4. The van der Waals surface area contributed by atoms with Gasteiger partial charge in [0.15, 0.2) is 5.65 Å². The number of aromatic nitrogens is 3. The predicted octanol–water partition coefficient (Wildman–Crippen LogP) is 4.60. The lowest BCUT2D eigenvalue weighted by molar-refractivity contribution is -0.116. The molecule has 0 aliphatic rings. The van der Waals surface area contributed by atoms with Crippen molar-refractivity contribution in [1.82, 2.24) is 14.6 Å². The maximum Gasteiger partial charge on any atom is 0.224 e. The lowest BCUT2D eigenvalue weighted by Gasteiger charge is -2.11. The molecular formula is C24H20FN5O. The van der Waals surface area contributed by atoms with Crippen molar-refractivity contribution < 1.29 is 9.18 Å². The minimum atomic E-state index is -0.319. The third kappa shape index (κ3) is 4.14. The highest BCUT2D eigenvalue weighted by atomic mass is 19.1. The Morgan fingerprint density at radius 1 is 1.16 bits per heavy atom. The number of para-hydroxylation sites is 1. The Morgan fingerprint density at radius 3 is 2.74 bits per heavy atom. The van der Waals surface area contributed by atoms with Gasteiger partial charge < -0.3 is 5.32 Å². The second-order valence-electron chi connectivity index (χ2n) is 7.28. The molecule has 0 aliphatic heterocycles. The number of carbonyl (C=O) groups excluding carboxylic acids is 1. The zero-order valence-corrected chi connectivity index (χ0v) is 17.2. The molecule has 0 aliphatic carbocycles. The Morgan fingerprint density at radius 2 is 1.97 bits per heavy atom. The molecule has 0 saturated carbocycles. The Bertz CT molecular complexity index is 1340. The van der Waals surface area contributed by atoms with Crippen LogP contribution in [0.1, 0.15) is 28.9 Å². The first kappa shape index (κ1) is 20.2. The average molecular weight is 413 g/mol. The summed E-state index contributed by atoms with van der Waals surface area (Å²) in [7, 11) is 0. The molecular weight excluding hydrogens is 393 g/mol. The number of carbonyl (C=O) groups is 1. The van der Waals surface area contributed by atoms with E-state index in [-0.39, 0.29) is 18.1 Å². The molecule has 4 aromatic rings. The molecule has 2 aromatic heterocycles. The van der Waals surface area contributed by atoms with Crippen LogP contribution >= 0.6 is 0 Å². The molecule has 4 rings (SSSR count). The fourth-order valence-electron chi connectivity index (χ4n) is 3.62. The van der Waals surface area contributed by atoms with Crippen molar-refractivity contribution in [2.45, 2.75) is 26.7 Å². The van der Waals surface area contributed by atoms with Crippen LogP contribution in [0.25, 0.3) is 16.9 Å². The Labute approximate surface area is 179 Å². The van der Waals surface area contributed by atoms with E-state index in [9.17, 15) is 14.4 Å². The Balaban J connectivity index is 1.56. The minimum Gasteiger partial charge on any atom is -0.325 e. The number of fused-ring (bicyclic) bond motifs is 1. The second kappa shape index (κ2) is 8.36. The van der Waals surface area contributed by atoms with Gasteiger partial charge in [0.2, 0.25) is 5.91 Å². The van der Waals surface area contributed by atoms with Gasteiger partial charge in [-0.25, -0.2) is 13.9 Å². The van der Waals surface area contributed by atoms with Gasteiger partial charge in [-0.1, -0.05) is 24.3 Å². The molecule has 1 amide bonds. The highest BCUT2D eigenvalue weighted by molar-refractivity contribution is 5.92. The number of aryl methyl sites for hydroxylation is 2. The number of benzene rings is 2. The lowest BCUT2D eigenvalue weighted by atomic mass is 10.1. The molecule has 0 unspecified atom stereocenters. The Kier molecular flexibility index (Phi) is 5.46. The van der Waals surface area contributed by atoms with Crippen molar-refractivity contribution in [3.05, 3.63) is 82.9 Å². The summed E-state index contributed by atoms with van der Waals surface area (Å²) in [5, 5.41) is 16.6. The van der Waals surface area contributed by atoms with Crippen molar-refractivity contribution in [2.24, 2.45) is 0 Å². The number of nitriles is 1. The van der Waals surface area contributed by atoms with Crippen molar-refractivity contribution in [1.29, 1.82) is 5.26 Å². The van der Waals surface area contributed by atoms with Crippen LogP contribution in [-0.4, -0.2) is 20.5 Å². The van der Waals surface area contributed by atoms with E-state index in [1.807, 2.05) is 19.9 Å². The van der Waals surface area contributed by atoms with Crippen LogP contribution in [0.15, 0.2) is 54.6 Å². The van der Waals surface area contributed by atoms with E-state index in [0.717, 1.165) is 17.0 Å². The fourth-order valence-corrected chi connectivity index (χ4v) is 3.62. The molecule has 154 valence electrons. The van der Waals surface area contributed by atoms with Crippen molar-refractivity contribution >= 4 is 17.2 Å². The summed E-state index contributed by atoms with van der Waals surface area (Å²) in [6.07, 6.45) is 0.725. The molecule has 0 spiro atoms. The summed E-state index contributed by atoms with van der Waals surface area (Å²) in [5.74, 6) is -0.498. The van der Waals surface area contributed by atoms with E-state index in [1.54, 1.807) is 40.9 Å². The molecule has 0 saturated heterocycles. The molecule has 31 heavy (non-hydrogen) atoms. The number of anilines is 1. The van der Waals surface area contributed by atoms with Crippen LogP contribution in [0.4, 0.5) is 10.1 Å². The molecule has 1 N–H and O–H groups in total. The summed E-state index contributed by atoms with van der Waals surface area (Å²) < 4.78 is 15.3. The van der Waals surface area contributed by atoms with Crippen LogP contribution in [0.3, 0.4) is 0 Å². The third-order valence-electron chi connectivity index (χ3n) is 5.21. The highest BCUT2D eigenvalue weighted by Crippen LogP contribution is 2.23. The van der Waals surface area contributed by atoms with Crippen LogP contribution in [0.2, 0.25) is 0 Å². The SMILES string of the molecule is Cc1nc2cc(-c3cccc(F)c3)nn2c(C)c1CCC(=O)Nc1ccccc1C#N. The van der Waals surface area contributed by atoms with Gasteiger partial charge in [-0.2, -0.15) is 10.4 Å². The number of amides is 1. The van der Waals surface area contributed by atoms with E-state index >= 15 is 0 Å². The molecule has 0 atom stereocenters. The molecule has 7 heteroatoms. The van der Waals surface area contributed by atoms with Crippen molar-refractivity contribution in [3.63, 3.8) is 0 Å². The topological polar surface area (TPSA) is 83.1 Å². The maximum absolute atomic E-state index is 13.6. The van der Waals surface area contributed by atoms with Gasteiger partial charge in [0.25, 0.3) is 0 Å². The Hall–Kier alpha value is -4.05. The quantitative estimate of drug-likeness (QED) is 0.519. The summed E-state index contributed by atoms with van der Waals surface area (Å²) in [6.45, 7) is 3.84.